The van der Waals surface area contributed by atoms with Crippen molar-refractivity contribution in [2.75, 3.05) is 6.54 Å². The molecule has 1 aromatic carbocycles. The summed E-state index contributed by atoms with van der Waals surface area (Å²) in [7, 11) is 1.85. The molecule has 0 fully saturated rings. The van der Waals surface area contributed by atoms with Crippen molar-refractivity contribution in [2.45, 2.75) is 32.4 Å². The molecule has 3 rings (SSSR count). The molecule has 2 aromatic heterocycles. The van der Waals surface area contributed by atoms with Crippen molar-refractivity contribution < 1.29 is 14.7 Å². The molecule has 1 unspecified atom stereocenters. The first kappa shape index (κ1) is 21.6. The summed E-state index contributed by atoms with van der Waals surface area (Å²) in [6.07, 6.45) is 0.694. The Kier molecular flexibility index (Phi) is 6.26. The van der Waals surface area contributed by atoms with Crippen LogP contribution in [0.1, 0.15) is 42.0 Å². The number of carboxylic acid groups (broad SMARTS) is 1. The average molecular weight is 427 g/mol. The SMILES string of the molecule is Cn1nccc1-c1ccc(C(=O)NC(CN(C(=O)O)C(C)(C)C)c2ccccc2)s1. The normalized spacial score (nSPS) is 12.4. The minimum Gasteiger partial charge on any atom is -0.465 e. The highest BCUT2D eigenvalue weighted by atomic mass is 32.1. The number of benzene rings is 1. The maximum Gasteiger partial charge on any atom is 0.407 e. The molecule has 30 heavy (non-hydrogen) atoms. The predicted octanol–water partition coefficient (Wildman–Crippen LogP) is 4.40. The van der Waals surface area contributed by atoms with Gasteiger partial charge in [0, 0.05) is 25.3 Å². The van der Waals surface area contributed by atoms with Gasteiger partial charge in [0.2, 0.25) is 0 Å². The zero-order valence-corrected chi connectivity index (χ0v) is 18.3. The van der Waals surface area contributed by atoms with Crippen LogP contribution < -0.4 is 5.32 Å². The Morgan fingerprint density at radius 2 is 1.87 bits per heavy atom. The molecule has 0 spiro atoms. The molecule has 0 radical (unpaired) electrons. The minimum atomic E-state index is -1.02. The van der Waals surface area contributed by atoms with E-state index in [4.69, 9.17) is 0 Å². The third-order valence-corrected chi connectivity index (χ3v) is 5.92. The molecule has 0 saturated carbocycles. The smallest absolute Gasteiger partial charge is 0.407 e. The monoisotopic (exact) mass is 426 g/mol. The van der Waals surface area contributed by atoms with Crippen molar-refractivity contribution >= 4 is 23.3 Å². The lowest BCUT2D eigenvalue weighted by molar-refractivity contribution is 0.0824. The molecule has 0 saturated heterocycles. The van der Waals surface area contributed by atoms with Gasteiger partial charge < -0.3 is 15.3 Å². The number of carbonyl (C=O) groups is 2. The molecule has 1 atom stereocenters. The van der Waals surface area contributed by atoms with Gasteiger partial charge in [0.15, 0.2) is 0 Å². The van der Waals surface area contributed by atoms with Crippen LogP contribution >= 0.6 is 11.3 Å². The maximum atomic E-state index is 13.0. The molecule has 2 heterocycles. The number of carbonyl (C=O) groups excluding carboxylic acids is 1. The summed E-state index contributed by atoms with van der Waals surface area (Å²) in [6, 6.07) is 14.5. The molecule has 2 N–H and O–H groups in total. The fourth-order valence-electron chi connectivity index (χ4n) is 3.18. The second-order valence-corrected chi connectivity index (χ2v) is 9.09. The van der Waals surface area contributed by atoms with E-state index >= 15 is 0 Å². The summed E-state index contributed by atoms with van der Waals surface area (Å²) in [6.45, 7) is 5.66. The van der Waals surface area contributed by atoms with E-state index in [1.54, 1.807) is 16.9 Å². The van der Waals surface area contributed by atoms with Crippen LogP contribution in [0.25, 0.3) is 10.6 Å². The second kappa shape index (κ2) is 8.71. The number of aromatic nitrogens is 2. The topological polar surface area (TPSA) is 87.5 Å². The second-order valence-electron chi connectivity index (χ2n) is 8.00. The maximum absolute atomic E-state index is 13.0. The highest BCUT2D eigenvalue weighted by molar-refractivity contribution is 7.17. The molecule has 7 nitrogen and oxygen atoms in total. The predicted molar refractivity (Wildman–Crippen MR) is 118 cm³/mol. The third kappa shape index (κ3) is 4.88. The zero-order valence-electron chi connectivity index (χ0n) is 17.5. The number of amides is 2. The number of hydrogen-bond acceptors (Lipinski definition) is 4. The highest BCUT2D eigenvalue weighted by Gasteiger charge is 2.30. The van der Waals surface area contributed by atoms with Crippen LogP contribution in [0.4, 0.5) is 4.79 Å². The fraction of sp³-hybridized carbons (Fsp3) is 0.318. The van der Waals surface area contributed by atoms with E-state index in [2.05, 4.69) is 10.4 Å². The molecule has 0 bridgehead atoms. The molecule has 0 aliphatic heterocycles. The van der Waals surface area contributed by atoms with Gasteiger partial charge in [-0.05, 0) is 44.5 Å². The van der Waals surface area contributed by atoms with Crippen molar-refractivity contribution in [3.05, 3.63) is 65.2 Å². The van der Waals surface area contributed by atoms with Crippen molar-refractivity contribution in [3.63, 3.8) is 0 Å². The summed E-state index contributed by atoms with van der Waals surface area (Å²) in [5, 5.41) is 16.9. The molecule has 0 aliphatic carbocycles. The van der Waals surface area contributed by atoms with E-state index in [0.717, 1.165) is 16.1 Å². The molecule has 0 aliphatic rings. The number of nitrogens with zero attached hydrogens (tertiary/aromatic N) is 3. The van der Waals surface area contributed by atoms with E-state index < -0.39 is 17.7 Å². The summed E-state index contributed by atoms with van der Waals surface area (Å²) < 4.78 is 1.76. The Morgan fingerprint density at radius 3 is 2.43 bits per heavy atom. The van der Waals surface area contributed by atoms with Gasteiger partial charge in [-0.3, -0.25) is 9.48 Å². The van der Waals surface area contributed by atoms with E-state index in [1.165, 1.54) is 16.2 Å². The van der Waals surface area contributed by atoms with Gasteiger partial charge >= 0.3 is 6.09 Å². The van der Waals surface area contributed by atoms with Crippen molar-refractivity contribution in [1.82, 2.24) is 20.0 Å². The Hall–Kier alpha value is -3.13. The van der Waals surface area contributed by atoms with Crippen molar-refractivity contribution in [1.29, 1.82) is 0 Å². The summed E-state index contributed by atoms with van der Waals surface area (Å²) in [5.41, 5.74) is 1.19. The fourth-order valence-corrected chi connectivity index (χ4v) is 4.15. The van der Waals surface area contributed by atoms with E-state index in [-0.39, 0.29) is 12.5 Å². The van der Waals surface area contributed by atoms with Crippen molar-refractivity contribution in [3.8, 4) is 10.6 Å². The van der Waals surface area contributed by atoms with Crippen molar-refractivity contribution in [2.24, 2.45) is 7.05 Å². The lowest BCUT2D eigenvalue weighted by Gasteiger charge is -2.36. The highest BCUT2D eigenvalue weighted by Crippen LogP contribution is 2.28. The van der Waals surface area contributed by atoms with E-state index in [1.807, 2.05) is 70.3 Å². The largest absolute Gasteiger partial charge is 0.465 e. The molecule has 8 heteroatoms. The Bertz CT molecular complexity index is 1020. The number of nitrogens with one attached hydrogen (secondary N) is 1. The quantitative estimate of drug-likeness (QED) is 0.612. The zero-order chi connectivity index (χ0) is 21.9. The first-order valence-corrected chi connectivity index (χ1v) is 10.4. The minimum absolute atomic E-state index is 0.147. The summed E-state index contributed by atoms with van der Waals surface area (Å²) in [5.74, 6) is -0.235. The number of thiophene rings is 1. The van der Waals surface area contributed by atoms with Crippen LogP contribution in [-0.4, -0.2) is 43.9 Å². The molecule has 2 amide bonds. The van der Waals surface area contributed by atoms with E-state index in [9.17, 15) is 14.7 Å². The van der Waals surface area contributed by atoms with Gasteiger partial charge in [-0.25, -0.2) is 4.79 Å². The Balaban J connectivity index is 1.84. The first-order chi connectivity index (χ1) is 14.2. The van der Waals surface area contributed by atoms with Gasteiger partial charge in [0.25, 0.3) is 5.91 Å². The molecular formula is C22H26N4O3S. The van der Waals surface area contributed by atoms with Gasteiger partial charge in [0.05, 0.1) is 21.5 Å². The Labute approximate surface area is 180 Å². The number of rotatable bonds is 6. The molecule has 3 aromatic rings. The Morgan fingerprint density at radius 1 is 1.17 bits per heavy atom. The van der Waals surface area contributed by atoms with Crippen LogP contribution in [-0.2, 0) is 7.05 Å². The number of hydrogen-bond donors (Lipinski definition) is 2. The summed E-state index contributed by atoms with van der Waals surface area (Å²) >= 11 is 1.38. The van der Waals surface area contributed by atoms with Crippen LogP contribution in [0.2, 0.25) is 0 Å². The van der Waals surface area contributed by atoms with Gasteiger partial charge in [0.1, 0.15) is 0 Å². The molecular weight excluding hydrogens is 400 g/mol. The van der Waals surface area contributed by atoms with Gasteiger partial charge in [-0.2, -0.15) is 5.10 Å². The first-order valence-electron chi connectivity index (χ1n) is 9.61. The average Bonchev–Trinajstić information content (AvgIpc) is 3.33. The van der Waals surface area contributed by atoms with E-state index in [0.29, 0.717) is 4.88 Å². The lowest BCUT2D eigenvalue weighted by atomic mass is 10.0. The summed E-state index contributed by atoms with van der Waals surface area (Å²) in [4.78, 5) is 27.7. The van der Waals surface area contributed by atoms with Crippen LogP contribution in [0.5, 0.6) is 0 Å². The molecule has 158 valence electrons. The lowest BCUT2D eigenvalue weighted by Crippen LogP contribution is -2.49. The van der Waals surface area contributed by atoms with Gasteiger partial charge in [-0.1, -0.05) is 30.3 Å². The van der Waals surface area contributed by atoms with Crippen LogP contribution in [0, 0.1) is 0 Å². The van der Waals surface area contributed by atoms with Crippen LogP contribution in [0.15, 0.2) is 54.7 Å². The van der Waals surface area contributed by atoms with Crippen LogP contribution in [0.3, 0.4) is 0 Å². The third-order valence-electron chi connectivity index (χ3n) is 4.82. The number of aryl methyl sites for hydroxylation is 1. The van der Waals surface area contributed by atoms with Gasteiger partial charge in [-0.15, -0.1) is 11.3 Å². The standard InChI is InChI=1S/C22H26N4O3S/c1-22(2,3)26(21(28)29)14-16(15-8-6-5-7-9-15)24-20(27)19-11-10-18(30-19)17-12-13-23-25(17)4/h5-13,16H,14H2,1-4H3,(H,24,27)(H,28,29).